The van der Waals surface area contributed by atoms with E-state index in [9.17, 15) is 9.59 Å². The molecule has 0 atom stereocenters. The molecule has 0 bridgehead atoms. The minimum Gasteiger partial charge on any atom is -0.468 e. The number of hydrogen-bond donors (Lipinski definition) is 0. The van der Waals surface area contributed by atoms with E-state index >= 15 is 0 Å². The highest BCUT2D eigenvalue weighted by Crippen LogP contribution is 2.25. The Morgan fingerprint density at radius 3 is 2.83 bits per heavy atom. The van der Waals surface area contributed by atoms with Crippen LogP contribution in [0.2, 0.25) is 5.02 Å². The van der Waals surface area contributed by atoms with Crippen LogP contribution in [-0.4, -0.2) is 28.5 Å². The summed E-state index contributed by atoms with van der Waals surface area (Å²) >= 11 is 7.62. The number of ether oxygens (including phenoxy) is 1. The second-order valence-corrected chi connectivity index (χ2v) is 7.83. The molecule has 4 aromatic rings. The van der Waals surface area contributed by atoms with Gasteiger partial charge in [-0.05, 0) is 43.3 Å². The van der Waals surface area contributed by atoms with Crippen molar-refractivity contribution in [3.8, 4) is 0 Å². The molecule has 4 rings (SSSR count). The lowest BCUT2D eigenvalue weighted by Gasteiger charge is -2.05. The van der Waals surface area contributed by atoms with Gasteiger partial charge in [0, 0.05) is 16.6 Å². The van der Waals surface area contributed by atoms with Gasteiger partial charge < -0.3 is 9.30 Å². The van der Waals surface area contributed by atoms with Crippen molar-refractivity contribution in [2.75, 3.05) is 7.11 Å². The first-order valence-corrected chi connectivity index (χ1v) is 9.97. The standard InChI is InChI=1S/C21H16ClN3O3S/c1-12-6-7-13-10-14(8-9-16(13)23-12)20(27)24-21-25(11-18(26)28-2)19-15(22)4-3-5-17(19)29-21/h3-10H,11H2,1-2H3. The number of halogens is 1. The normalized spacial score (nSPS) is 11.9. The Kier molecular flexibility index (Phi) is 5.17. The van der Waals surface area contributed by atoms with Gasteiger partial charge in [-0.1, -0.05) is 35.1 Å². The molecule has 0 radical (unpaired) electrons. The van der Waals surface area contributed by atoms with Gasteiger partial charge in [0.05, 0.1) is 27.9 Å². The highest BCUT2D eigenvalue weighted by atomic mass is 35.5. The van der Waals surface area contributed by atoms with Crippen LogP contribution in [0.3, 0.4) is 0 Å². The molecule has 146 valence electrons. The number of benzene rings is 2. The van der Waals surface area contributed by atoms with Gasteiger partial charge in [0.15, 0.2) is 4.80 Å². The zero-order valence-electron chi connectivity index (χ0n) is 15.7. The molecular weight excluding hydrogens is 410 g/mol. The second-order valence-electron chi connectivity index (χ2n) is 6.41. The number of carbonyl (C=O) groups is 2. The van der Waals surface area contributed by atoms with Crippen LogP contribution in [0.25, 0.3) is 21.1 Å². The molecule has 0 saturated heterocycles. The summed E-state index contributed by atoms with van der Waals surface area (Å²) in [6.45, 7) is 1.83. The first-order valence-electron chi connectivity index (χ1n) is 8.77. The molecular formula is C21H16ClN3O3S. The van der Waals surface area contributed by atoms with Crippen molar-refractivity contribution in [2.45, 2.75) is 13.5 Å². The summed E-state index contributed by atoms with van der Waals surface area (Å²) < 4.78 is 7.22. The number of aromatic nitrogens is 2. The van der Waals surface area contributed by atoms with E-state index in [1.807, 2.05) is 31.2 Å². The first kappa shape index (κ1) is 19.3. The summed E-state index contributed by atoms with van der Waals surface area (Å²) in [6, 6.07) is 14.5. The van der Waals surface area contributed by atoms with Crippen LogP contribution >= 0.6 is 22.9 Å². The zero-order chi connectivity index (χ0) is 20.5. The Balaban J connectivity index is 1.84. The van der Waals surface area contributed by atoms with Crippen LogP contribution in [0.15, 0.2) is 53.5 Å². The Morgan fingerprint density at radius 2 is 2.03 bits per heavy atom. The Hall–Kier alpha value is -3.03. The number of amides is 1. The second kappa shape index (κ2) is 7.77. The van der Waals surface area contributed by atoms with Crippen molar-refractivity contribution in [3.05, 3.63) is 69.6 Å². The Morgan fingerprint density at radius 1 is 1.21 bits per heavy atom. The summed E-state index contributed by atoms with van der Waals surface area (Å²) in [5, 5.41) is 1.34. The van der Waals surface area contributed by atoms with Crippen molar-refractivity contribution in [1.82, 2.24) is 9.55 Å². The van der Waals surface area contributed by atoms with E-state index in [1.165, 1.54) is 18.4 Å². The fraction of sp³-hybridized carbons (Fsp3) is 0.143. The average Bonchev–Trinajstić information content (AvgIpc) is 3.05. The molecule has 6 nitrogen and oxygen atoms in total. The lowest BCUT2D eigenvalue weighted by Crippen LogP contribution is -2.22. The van der Waals surface area contributed by atoms with E-state index < -0.39 is 11.9 Å². The number of hydrogen-bond acceptors (Lipinski definition) is 5. The molecule has 8 heteroatoms. The lowest BCUT2D eigenvalue weighted by atomic mass is 10.1. The summed E-state index contributed by atoms with van der Waals surface area (Å²) in [6.07, 6.45) is 0. The van der Waals surface area contributed by atoms with E-state index in [0.717, 1.165) is 21.3 Å². The molecule has 0 saturated carbocycles. The van der Waals surface area contributed by atoms with Gasteiger partial charge in [-0.15, -0.1) is 0 Å². The minimum atomic E-state index is -0.453. The Labute approximate surface area is 175 Å². The van der Waals surface area contributed by atoms with Crippen molar-refractivity contribution >= 4 is 55.9 Å². The summed E-state index contributed by atoms with van der Waals surface area (Å²) in [7, 11) is 1.31. The van der Waals surface area contributed by atoms with Gasteiger partial charge in [-0.3, -0.25) is 14.6 Å². The third-order valence-electron chi connectivity index (χ3n) is 4.44. The zero-order valence-corrected chi connectivity index (χ0v) is 17.3. The number of nitrogens with zero attached hydrogens (tertiary/aromatic N) is 3. The maximum absolute atomic E-state index is 12.9. The number of carbonyl (C=O) groups excluding carboxylic acids is 2. The average molecular weight is 426 g/mol. The number of rotatable bonds is 3. The third kappa shape index (κ3) is 3.79. The molecule has 1 amide bonds. The van der Waals surface area contributed by atoms with Crippen LogP contribution in [0.4, 0.5) is 0 Å². The topological polar surface area (TPSA) is 73.6 Å². The molecule has 29 heavy (non-hydrogen) atoms. The van der Waals surface area contributed by atoms with Crippen LogP contribution in [0, 0.1) is 6.92 Å². The Bertz CT molecular complexity index is 1340. The minimum absolute atomic E-state index is 0.0900. The monoisotopic (exact) mass is 425 g/mol. The number of aryl methyl sites for hydroxylation is 1. The fourth-order valence-electron chi connectivity index (χ4n) is 3.02. The van der Waals surface area contributed by atoms with E-state index in [0.29, 0.717) is 20.9 Å². The summed E-state index contributed by atoms with van der Waals surface area (Å²) in [4.78, 5) is 33.9. The largest absolute Gasteiger partial charge is 0.468 e. The maximum atomic E-state index is 12.9. The van der Waals surface area contributed by atoms with Gasteiger partial charge in [0.1, 0.15) is 6.54 Å². The quantitative estimate of drug-likeness (QED) is 0.462. The van der Waals surface area contributed by atoms with Crippen molar-refractivity contribution in [3.63, 3.8) is 0 Å². The van der Waals surface area contributed by atoms with Crippen LogP contribution < -0.4 is 4.80 Å². The SMILES string of the molecule is COC(=O)Cn1c(=NC(=O)c2ccc3nc(C)ccc3c2)sc2cccc(Cl)c21. The number of para-hydroxylation sites is 1. The first-order chi connectivity index (χ1) is 14.0. The lowest BCUT2D eigenvalue weighted by molar-refractivity contribution is -0.141. The third-order valence-corrected chi connectivity index (χ3v) is 5.79. The van der Waals surface area contributed by atoms with Crippen LogP contribution in [0.5, 0.6) is 0 Å². The predicted molar refractivity (Wildman–Crippen MR) is 113 cm³/mol. The van der Waals surface area contributed by atoms with Gasteiger partial charge in [0.25, 0.3) is 5.91 Å². The maximum Gasteiger partial charge on any atom is 0.325 e. The number of esters is 1. The predicted octanol–water partition coefficient (Wildman–Crippen LogP) is 4.13. The van der Waals surface area contributed by atoms with E-state index in [2.05, 4.69) is 9.98 Å². The van der Waals surface area contributed by atoms with Gasteiger partial charge in [0.2, 0.25) is 0 Å². The highest BCUT2D eigenvalue weighted by molar-refractivity contribution is 7.16. The van der Waals surface area contributed by atoms with Crippen LogP contribution in [0.1, 0.15) is 16.1 Å². The van der Waals surface area contributed by atoms with Crippen molar-refractivity contribution < 1.29 is 14.3 Å². The number of fused-ring (bicyclic) bond motifs is 2. The molecule has 2 heterocycles. The number of methoxy groups -OCH3 is 1. The van der Waals surface area contributed by atoms with E-state index in [1.54, 1.807) is 28.8 Å². The highest BCUT2D eigenvalue weighted by Gasteiger charge is 2.15. The summed E-state index contributed by atoms with van der Waals surface area (Å²) in [5.74, 6) is -0.862. The van der Waals surface area contributed by atoms with E-state index in [-0.39, 0.29) is 6.54 Å². The summed E-state index contributed by atoms with van der Waals surface area (Å²) in [5.41, 5.74) is 2.81. The molecule has 0 aliphatic rings. The fourth-order valence-corrected chi connectivity index (χ4v) is 4.41. The number of pyridine rings is 1. The molecule has 0 N–H and O–H groups in total. The van der Waals surface area contributed by atoms with Gasteiger partial charge >= 0.3 is 5.97 Å². The van der Waals surface area contributed by atoms with Crippen LogP contribution in [-0.2, 0) is 16.1 Å². The van der Waals surface area contributed by atoms with Gasteiger partial charge in [-0.2, -0.15) is 4.99 Å². The van der Waals surface area contributed by atoms with Crippen molar-refractivity contribution in [1.29, 1.82) is 0 Å². The smallest absolute Gasteiger partial charge is 0.325 e. The molecule has 0 fully saturated rings. The van der Waals surface area contributed by atoms with E-state index in [4.69, 9.17) is 16.3 Å². The van der Waals surface area contributed by atoms with Gasteiger partial charge in [-0.25, -0.2) is 0 Å². The molecule has 0 aliphatic heterocycles. The molecule has 2 aromatic carbocycles. The van der Waals surface area contributed by atoms with Crippen molar-refractivity contribution in [2.24, 2.45) is 4.99 Å². The molecule has 2 aromatic heterocycles. The molecule has 0 aliphatic carbocycles. The molecule has 0 unspecified atom stereocenters. The number of thiazole rings is 1. The molecule has 0 spiro atoms.